The highest BCUT2D eigenvalue weighted by atomic mass is 16.2. The molecule has 2 fully saturated rings. The molecular formula is C19H25N5O. The molecule has 2 aliphatic rings. The molecule has 1 saturated carbocycles. The first-order chi connectivity index (χ1) is 12.2. The van der Waals surface area contributed by atoms with Crippen LogP contribution in [0, 0.1) is 0 Å². The molecule has 2 heterocycles. The standard InChI is InChI=1S/C19H25N5O/c1-20-15-6-4-3-5-13(15)12-21-16-11-18(25)24(14-7-8-14)19(16)17-9-10-22-23(17)2/h3-6,9-10,14,16,19-21H,7-8,11-12H2,1-2H3/t16-,19-/m1/s1. The van der Waals surface area contributed by atoms with Crippen molar-refractivity contribution in [1.29, 1.82) is 0 Å². The van der Waals surface area contributed by atoms with Crippen molar-refractivity contribution in [2.24, 2.45) is 7.05 Å². The first kappa shape index (κ1) is 16.1. The normalized spacial score (nSPS) is 23.3. The smallest absolute Gasteiger partial charge is 0.225 e. The molecule has 25 heavy (non-hydrogen) atoms. The van der Waals surface area contributed by atoms with Crippen LogP contribution in [0.15, 0.2) is 36.5 Å². The van der Waals surface area contributed by atoms with Gasteiger partial charge < -0.3 is 15.5 Å². The maximum absolute atomic E-state index is 12.7. The summed E-state index contributed by atoms with van der Waals surface area (Å²) in [4.78, 5) is 14.8. The third kappa shape index (κ3) is 3.02. The van der Waals surface area contributed by atoms with Crippen molar-refractivity contribution in [1.82, 2.24) is 20.0 Å². The maximum Gasteiger partial charge on any atom is 0.225 e. The van der Waals surface area contributed by atoms with Crippen molar-refractivity contribution in [2.45, 2.75) is 43.9 Å². The number of para-hydroxylation sites is 1. The van der Waals surface area contributed by atoms with Crippen LogP contribution in [0.3, 0.4) is 0 Å². The Morgan fingerprint density at radius 3 is 2.72 bits per heavy atom. The third-order valence-electron chi connectivity index (χ3n) is 5.31. The van der Waals surface area contributed by atoms with E-state index in [2.05, 4.69) is 32.8 Å². The second-order valence-corrected chi connectivity index (χ2v) is 6.96. The molecule has 2 atom stereocenters. The Bertz CT molecular complexity index is 767. The molecule has 1 aromatic carbocycles. The maximum atomic E-state index is 12.7. The van der Waals surface area contributed by atoms with Gasteiger partial charge in [-0.1, -0.05) is 18.2 Å². The minimum absolute atomic E-state index is 0.0641. The number of nitrogens with zero attached hydrogens (tertiary/aromatic N) is 3. The molecule has 6 nitrogen and oxygen atoms in total. The average Bonchev–Trinajstić information content (AvgIpc) is 3.29. The van der Waals surface area contributed by atoms with E-state index in [-0.39, 0.29) is 18.0 Å². The number of aromatic nitrogens is 2. The summed E-state index contributed by atoms with van der Waals surface area (Å²) in [6, 6.07) is 10.9. The second-order valence-electron chi connectivity index (χ2n) is 6.96. The van der Waals surface area contributed by atoms with E-state index in [0.717, 1.165) is 30.8 Å². The quantitative estimate of drug-likeness (QED) is 0.846. The predicted octanol–water partition coefficient (Wildman–Crippen LogP) is 2.06. The van der Waals surface area contributed by atoms with Crippen LogP contribution in [-0.2, 0) is 18.4 Å². The van der Waals surface area contributed by atoms with Crippen LogP contribution in [0.2, 0.25) is 0 Å². The van der Waals surface area contributed by atoms with Gasteiger partial charge in [0.1, 0.15) is 0 Å². The highest BCUT2D eigenvalue weighted by Gasteiger charge is 2.47. The lowest BCUT2D eigenvalue weighted by Gasteiger charge is -2.29. The van der Waals surface area contributed by atoms with Crippen LogP contribution in [-0.4, -0.2) is 39.7 Å². The van der Waals surface area contributed by atoms with Crippen LogP contribution in [0.25, 0.3) is 0 Å². The number of hydrogen-bond acceptors (Lipinski definition) is 4. The van der Waals surface area contributed by atoms with Gasteiger partial charge in [0.25, 0.3) is 0 Å². The topological polar surface area (TPSA) is 62.2 Å². The van der Waals surface area contributed by atoms with Crippen molar-refractivity contribution in [2.75, 3.05) is 12.4 Å². The van der Waals surface area contributed by atoms with E-state index in [9.17, 15) is 4.79 Å². The molecule has 1 amide bonds. The highest BCUT2D eigenvalue weighted by molar-refractivity contribution is 5.81. The zero-order valence-electron chi connectivity index (χ0n) is 14.8. The molecule has 0 spiro atoms. The van der Waals surface area contributed by atoms with Gasteiger partial charge in [-0.2, -0.15) is 5.10 Å². The van der Waals surface area contributed by atoms with Crippen molar-refractivity contribution >= 4 is 11.6 Å². The van der Waals surface area contributed by atoms with Gasteiger partial charge in [-0.15, -0.1) is 0 Å². The molecule has 2 aromatic rings. The number of nitrogens with one attached hydrogen (secondary N) is 2. The van der Waals surface area contributed by atoms with E-state index < -0.39 is 0 Å². The van der Waals surface area contributed by atoms with E-state index in [4.69, 9.17) is 0 Å². The Balaban J connectivity index is 1.57. The molecule has 0 unspecified atom stereocenters. The number of likely N-dealkylation sites (tertiary alicyclic amines) is 1. The van der Waals surface area contributed by atoms with Crippen LogP contribution in [0.1, 0.15) is 36.6 Å². The molecule has 2 N–H and O–H groups in total. The van der Waals surface area contributed by atoms with E-state index in [0.29, 0.717) is 12.5 Å². The van der Waals surface area contributed by atoms with E-state index >= 15 is 0 Å². The minimum atomic E-state index is 0.0641. The van der Waals surface area contributed by atoms with Gasteiger partial charge in [0.05, 0.1) is 11.7 Å². The van der Waals surface area contributed by atoms with Crippen molar-refractivity contribution in [3.05, 3.63) is 47.8 Å². The molecule has 1 aliphatic carbocycles. The monoisotopic (exact) mass is 339 g/mol. The molecule has 1 saturated heterocycles. The molecule has 6 heteroatoms. The van der Waals surface area contributed by atoms with Gasteiger partial charge >= 0.3 is 0 Å². The number of anilines is 1. The summed E-state index contributed by atoms with van der Waals surface area (Å²) in [7, 11) is 3.89. The molecule has 4 rings (SSSR count). The summed E-state index contributed by atoms with van der Waals surface area (Å²) in [5.41, 5.74) is 3.44. The molecular weight excluding hydrogens is 314 g/mol. The minimum Gasteiger partial charge on any atom is -0.388 e. The van der Waals surface area contributed by atoms with E-state index in [1.807, 2.05) is 43.2 Å². The number of aryl methyl sites for hydroxylation is 1. The molecule has 0 bridgehead atoms. The number of carbonyl (C=O) groups is 1. The van der Waals surface area contributed by atoms with Crippen LogP contribution in [0.4, 0.5) is 5.69 Å². The van der Waals surface area contributed by atoms with Crippen LogP contribution in [0.5, 0.6) is 0 Å². The van der Waals surface area contributed by atoms with Gasteiger partial charge in [0.2, 0.25) is 5.91 Å². The Labute approximate surface area is 148 Å². The first-order valence-electron chi connectivity index (χ1n) is 8.97. The second kappa shape index (κ2) is 6.52. The lowest BCUT2D eigenvalue weighted by atomic mass is 10.0. The van der Waals surface area contributed by atoms with Crippen molar-refractivity contribution in [3.63, 3.8) is 0 Å². The Hall–Kier alpha value is -2.34. The number of amides is 1. The van der Waals surface area contributed by atoms with E-state index in [1.54, 1.807) is 0 Å². The van der Waals surface area contributed by atoms with Gasteiger partial charge in [0, 0.05) is 51.0 Å². The summed E-state index contributed by atoms with van der Waals surface area (Å²) >= 11 is 0. The van der Waals surface area contributed by atoms with Gasteiger partial charge in [-0.3, -0.25) is 9.48 Å². The molecule has 0 radical (unpaired) electrons. The predicted molar refractivity (Wildman–Crippen MR) is 97.1 cm³/mol. The highest BCUT2D eigenvalue weighted by Crippen LogP contribution is 2.41. The lowest BCUT2D eigenvalue weighted by molar-refractivity contribution is -0.129. The first-order valence-corrected chi connectivity index (χ1v) is 8.97. The summed E-state index contributed by atoms with van der Waals surface area (Å²) in [5.74, 6) is 0.258. The van der Waals surface area contributed by atoms with Crippen molar-refractivity contribution < 1.29 is 4.79 Å². The number of carbonyl (C=O) groups excluding carboxylic acids is 1. The molecule has 1 aliphatic heterocycles. The summed E-state index contributed by atoms with van der Waals surface area (Å²) in [5, 5.41) is 11.2. The Morgan fingerprint density at radius 2 is 2.04 bits per heavy atom. The van der Waals surface area contributed by atoms with Crippen molar-refractivity contribution in [3.8, 4) is 0 Å². The number of benzene rings is 1. The molecule has 132 valence electrons. The van der Waals surface area contributed by atoms with Gasteiger partial charge in [0.15, 0.2) is 0 Å². The number of rotatable bonds is 6. The fraction of sp³-hybridized carbons (Fsp3) is 0.474. The zero-order chi connectivity index (χ0) is 17.4. The fourth-order valence-corrected chi connectivity index (χ4v) is 3.90. The van der Waals surface area contributed by atoms with Crippen LogP contribution >= 0.6 is 0 Å². The Morgan fingerprint density at radius 1 is 1.24 bits per heavy atom. The third-order valence-corrected chi connectivity index (χ3v) is 5.31. The Kier molecular flexibility index (Phi) is 4.21. The SMILES string of the molecule is CNc1ccccc1CN[C@@H]1CC(=O)N(C2CC2)[C@H]1c1ccnn1C. The molecule has 1 aromatic heterocycles. The fourth-order valence-electron chi connectivity index (χ4n) is 3.90. The van der Waals surface area contributed by atoms with E-state index in [1.165, 1.54) is 5.56 Å². The summed E-state index contributed by atoms with van der Waals surface area (Å²) in [6.45, 7) is 0.738. The zero-order valence-corrected chi connectivity index (χ0v) is 14.8. The van der Waals surface area contributed by atoms with Gasteiger partial charge in [-0.05, 0) is 30.5 Å². The van der Waals surface area contributed by atoms with Gasteiger partial charge in [-0.25, -0.2) is 0 Å². The van der Waals surface area contributed by atoms with Crippen LogP contribution < -0.4 is 10.6 Å². The average molecular weight is 339 g/mol. The summed E-state index contributed by atoms with van der Waals surface area (Å²) < 4.78 is 1.90. The lowest BCUT2D eigenvalue weighted by Crippen LogP contribution is -2.38. The largest absolute Gasteiger partial charge is 0.388 e. The summed E-state index contributed by atoms with van der Waals surface area (Å²) in [6.07, 6.45) is 4.61. The number of hydrogen-bond donors (Lipinski definition) is 2.